The molecule has 0 radical (unpaired) electrons. The van der Waals surface area contributed by atoms with Crippen LogP contribution in [0.4, 0.5) is 0 Å². The van der Waals surface area contributed by atoms with Gasteiger partial charge in [0.25, 0.3) is 0 Å². The van der Waals surface area contributed by atoms with E-state index in [4.69, 9.17) is 10.8 Å². The second kappa shape index (κ2) is 3.69. The van der Waals surface area contributed by atoms with E-state index >= 15 is 0 Å². The first kappa shape index (κ1) is 9.05. The maximum Gasteiger partial charge on any atom is 0.0736 e. The van der Waals surface area contributed by atoms with Gasteiger partial charge in [0.05, 0.1) is 23.9 Å². The first-order valence-corrected chi connectivity index (χ1v) is 4.39. The van der Waals surface area contributed by atoms with Gasteiger partial charge in [-0.05, 0) is 18.2 Å². The largest absolute Gasteiger partial charge is 0.394 e. The van der Waals surface area contributed by atoms with Crippen molar-refractivity contribution in [1.29, 1.82) is 0 Å². The molecule has 2 heterocycles. The average Bonchev–Trinajstić information content (AvgIpc) is 2.27. The minimum absolute atomic E-state index is 0.110. The predicted octanol–water partition coefficient (Wildman–Crippen LogP) is 0.622. The van der Waals surface area contributed by atoms with E-state index in [0.29, 0.717) is 5.69 Å². The number of aliphatic hydroxyl groups excluding tert-OH is 1. The first-order chi connectivity index (χ1) is 6.83. The van der Waals surface area contributed by atoms with Crippen molar-refractivity contribution in [2.45, 2.75) is 6.04 Å². The predicted molar refractivity (Wildman–Crippen MR) is 53.6 cm³/mol. The molecule has 0 spiro atoms. The molecule has 0 aliphatic rings. The number of rotatable bonds is 2. The Morgan fingerprint density at radius 3 is 2.93 bits per heavy atom. The third-order valence-corrected chi connectivity index (χ3v) is 2.11. The number of pyridine rings is 2. The lowest BCUT2D eigenvalue weighted by Gasteiger charge is -2.09. The van der Waals surface area contributed by atoms with Gasteiger partial charge in [0.1, 0.15) is 0 Å². The van der Waals surface area contributed by atoms with Crippen molar-refractivity contribution in [3.63, 3.8) is 0 Å². The summed E-state index contributed by atoms with van der Waals surface area (Å²) in [4.78, 5) is 8.33. The molecule has 0 bridgehead atoms. The molecule has 2 rings (SSSR count). The van der Waals surface area contributed by atoms with Crippen LogP contribution in [0.3, 0.4) is 0 Å². The summed E-state index contributed by atoms with van der Waals surface area (Å²) < 4.78 is 0. The van der Waals surface area contributed by atoms with Crippen molar-refractivity contribution in [3.8, 4) is 0 Å². The molecule has 4 nitrogen and oxygen atoms in total. The van der Waals surface area contributed by atoms with Gasteiger partial charge in [0.2, 0.25) is 0 Å². The number of hydrogen-bond acceptors (Lipinski definition) is 4. The van der Waals surface area contributed by atoms with Crippen LogP contribution in [-0.2, 0) is 0 Å². The fourth-order valence-electron chi connectivity index (χ4n) is 1.41. The van der Waals surface area contributed by atoms with E-state index in [1.807, 2.05) is 18.2 Å². The van der Waals surface area contributed by atoms with Crippen molar-refractivity contribution in [1.82, 2.24) is 9.97 Å². The van der Waals surface area contributed by atoms with Crippen LogP contribution in [-0.4, -0.2) is 21.7 Å². The van der Waals surface area contributed by atoms with E-state index in [2.05, 4.69) is 9.97 Å². The van der Waals surface area contributed by atoms with Crippen molar-refractivity contribution >= 4 is 10.9 Å². The Morgan fingerprint density at radius 2 is 2.14 bits per heavy atom. The van der Waals surface area contributed by atoms with Crippen molar-refractivity contribution < 1.29 is 5.11 Å². The normalized spacial score (nSPS) is 13.0. The van der Waals surface area contributed by atoms with Crippen LogP contribution in [0, 0.1) is 0 Å². The van der Waals surface area contributed by atoms with E-state index in [1.54, 1.807) is 12.4 Å². The van der Waals surface area contributed by atoms with Gasteiger partial charge in [0, 0.05) is 17.8 Å². The van der Waals surface area contributed by atoms with Gasteiger partial charge >= 0.3 is 0 Å². The van der Waals surface area contributed by atoms with Gasteiger partial charge in [-0.1, -0.05) is 0 Å². The molecule has 0 fully saturated rings. The zero-order valence-electron chi connectivity index (χ0n) is 7.59. The molecule has 1 unspecified atom stereocenters. The van der Waals surface area contributed by atoms with Crippen LogP contribution >= 0.6 is 0 Å². The van der Waals surface area contributed by atoms with Gasteiger partial charge in [-0.2, -0.15) is 0 Å². The number of nitrogens with two attached hydrogens (primary N) is 1. The second-order valence-electron chi connectivity index (χ2n) is 3.06. The van der Waals surface area contributed by atoms with Crippen LogP contribution in [0.2, 0.25) is 0 Å². The van der Waals surface area contributed by atoms with E-state index < -0.39 is 6.04 Å². The molecular weight excluding hydrogens is 178 g/mol. The Bertz CT molecular complexity index is 439. The molecule has 14 heavy (non-hydrogen) atoms. The summed E-state index contributed by atoms with van der Waals surface area (Å²) >= 11 is 0. The highest BCUT2D eigenvalue weighted by Crippen LogP contribution is 2.18. The van der Waals surface area contributed by atoms with Gasteiger partial charge < -0.3 is 10.8 Å². The second-order valence-corrected chi connectivity index (χ2v) is 3.06. The summed E-state index contributed by atoms with van der Waals surface area (Å²) in [5, 5.41) is 9.86. The SMILES string of the molecule is NC(CO)c1nccc2ncccc12. The fourth-order valence-corrected chi connectivity index (χ4v) is 1.41. The van der Waals surface area contributed by atoms with Crippen LogP contribution in [0.1, 0.15) is 11.7 Å². The molecule has 0 aliphatic carbocycles. The molecule has 0 amide bonds. The number of aliphatic hydroxyl groups is 1. The third kappa shape index (κ3) is 1.45. The summed E-state index contributed by atoms with van der Waals surface area (Å²) in [5.41, 5.74) is 7.26. The van der Waals surface area contributed by atoms with E-state index in [1.165, 1.54) is 0 Å². The van der Waals surface area contributed by atoms with Crippen LogP contribution in [0.15, 0.2) is 30.6 Å². The molecule has 4 heteroatoms. The Morgan fingerprint density at radius 1 is 1.29 bits per heavy atom. The lowest BCUT2D eigenvalue weighted by atomic mass is 10.1. The number of aromatic nitrogens is 2. The molecule has 1 atom stereocenters. The summed E-state index contributed by atoms with van der Waals surface area (Å²) in [6, 6.07) is 5.11. The zero-order valence-corrected chi connectivity index (χ0v) is 7.59. The highest BCUT2D eigenvalue weighted by atomic mass is 16.3. The van der Waals surface area contributed by atoms with Gasteiger partial charge in [-0.3, -0.25) is 9.97 Å². The number of nitrogens with zero attached hydrogens (tertiary/aromatic N) is 2. The quantitative estimate of drug-likeness (QED) is 0.726. The third-order valence-electron chi connectivity index (χ3n) is 2.11. The van der Waals surface area contributed by atoms with Crippen LogP contribution < -0.4 is 5.73 Å². The Kier molecular flexibility index (Phi) is 2.39. The van der Waals surface area contributed by atoms with E-state index in [9.17, 15) is 0 Å². The molecule has 3 N–H and O–H groups in total. The molecule has 2 aromatic rings. The van der Waals surface area contributed by atoms with Crippen molar-refractivity contribution in [3.05, 3.63) is 36.3 Å². The highest BCUT2D eigenvalue weighted by molar-refractivity contribution is 5.80. The highest BCUT2D eigenvalue weighted by Gasteiger charge is 2.09. The topological polar surface area (TPSA) is 72.0 Å². The van der Waals surface area contributed by atoms with Crippen LogP contribution in [0.25, 0.3) is 10.9 Å². The molecule has 0 aromatic carbocycles. The molecular formula is C10H11N3O. The smallest absolute Gasteiger partial charge is 0.0736 e. The van der Waals surface area contributed by atoms with Gasteiger partial charge in [-0.25, -0.2) is 0 Å². The number of fused-ring (bicyclic) bond motifs is 1. The fraction of sp³-hybridized carbons (Fsp3) is 0.200. The summed E-state index contributed by atoms with van der Waals surface area (Å²) in [5.74, 6) is 0. The van der Waals surface area contributed by atoms with Crippen molar-refractivity contribution in [2.24, 2.45) is 5.73 Å². The molecule has 0 saturated carbocycles. The molecule has 2 aromatic heterocycles. The van der Waals surface area contributed by atoms with Gasteiger partial charge in [-0.15, -0.1) is 0 Å². The maximum absolute atomic E-state index is 8.96. The van der Waals surface area contributed by atoms with E-state index in [-0.39, 0.29) is 6.61 Å². The molecule has 0 aliphatic heterocycles. The minimum atomic E-state index is -0.442. The lowest BCUT2D eigenvalue weighted by molar-refractivity contribution is 0.266. The lowest BCUT2D eigenvalue weighted by Crippen LogP contribution is -2.16. The standard InChI is InChI=1S/C10H11N3O/c11-8(6-14)10-7-2-1-4-12-9(7)3-5-13-10/h1-5,8,14H,6,11H2. The van der Waals surface area contributed by atoms with Gasteiger partial charge in [0.15, 0.2) is 0 Å². The Balaban J connectivity index is 2.65. The Hall–Kier alpha value is -1.52. The zero-order chi connectivity index (χ0) is 9.97. The summed E-state index contributed by atoms with van der Waals surface area (Å²) in [6.07, 6.45) is 3.37. The minimum Gasteiger partial charge on any atom is -0.394 e. The summed E-state index contributed by atoms with van der Waals surface area (Å²) in [6.45, 7) is -0.110. The average molecular weight is 189 g/mol. The monoisotopic (exact) mass is 189 g/mol. The first-order valence-electron chi connectivity index (χ1n) is 4.39. The van der Waals surface area contributed by atoms with Crippen LogP contribution in [0.5, 0.6) is 0 Å². The van der Waals surface area contributed by atoms with E-state index in [0.717, 1.165) is 10.9 Å². The molecule has 72 valence electrons. The Labute approximate surface area is 81.4 Å². The number of hydrogen-bond donors (Lipinski definition) is 2. The molecule has 0 saturated heterocycles. The maximum atomic E-state index is 8.96. The summed E-state index contributed by atoms with van der Waals surface area (Å²) in [7, 11) is 0. The van der Waals surface area contributed by atoms with Crippen molar-refractivity contribution in [2.75, 3.05) is 6.61 Å².